The highest BCUT2D eigenvalue weighted by Gasteiger charge is 2.12. The smallest absolute Gasteiger partial charge is 0.0606 e. The van der Waals surface area contributed by atoms with E-state index in [0.29, 0.717) is 0 Å². The highest BCUT2D eigenvalue weighted by Crippen LogP contribution is 2.20. The molecule has 0 aliphatic carbocycles. The quantitative estimate of drug-likeness (QED) is 0.913. The predicted molar refractivity (Wildman–Crippen MR) is 75.7 cm³/mol. The van der Waals surface area contributed by atoms with Crippen molar-refractivity contribution in [3.05, 3.63) is 64.4 Å². The zero-order valence-corrected chi connectivity index (χ0v) is 11.2. The van der Waals surface area contributed by atoms with Gasteiger partial charge in [-0.15, -0.1) is 0 Å². The number of rotatable bonds is 4. The van der Waals surface area contributed by atoms with Crippen molar-refractivity contribution in [1.82, 2.24) is 4.98 Å². The van der Waals surface area contributed by atoms with Gasteiger partial charge in [0, 0.05) is 11.2 Å². The van der Waals surface area contributed by atoms with Gasteiger partial charge in [-0.2, -0.15) is 0 Å². The van der Waals surface area contributed by atoms with E-state index in [9.17, 15) is 0 Å². The van der Waals surface area contributed by atoms with E-state index in [1.54, 1.807) is 6.20 Å². The molecule has 2 rings (SSSR count). The normalized spacial score (nSPS) is 12.4. The van der Waals surface area contributed by atoms with Gasteiger partial charge in [0.15, 0.2) is 0 Å². The van der Waals surface area contributed by atoms with Crippen LogP contribution in [0.3, 0.4) is 0 Å². The van der Waals surface area contributed by atoms with Gasteiger partial charge in [0.25, 0.3) is 0 Å². The molecule has 3 heteroatoms. The molecule has 0 radical (unpaired) electrons. The number of nitrogens with two attached hydrogens (primary N) is 1. The van der Waals surface area contributed by atoms with Crippen LogP contribution in [0, 0.1) is 0 Å². The maximum atomic E-state index is 6.25. The van der Waals surface area contributed by atoms with Gasteiger partial charge < -0.3 is 5.73 Å². The molecule has 94 valence electrons. The van der Waals surface area contributed by atoms with Crippen LogP contribution in [0.5, 0.6) is 0 Å². The van der Waals surface area contributed by atoms with Crippen molar-refractivity contribution in [3.63, 3.8) is 0 Å². The van der Waals surface area contributed by atoms with Crippen molar-refractivity contribution < 1.29 is 0 Å². The third-order valence-electron chi connectivity index (χ3n) is 3.00. The van der Waals surface area contributed by atoms with E-state index in [2.05, 4.69) is 18.0 Å². The van der Waals surface area contributed by atoms with Gasteiger partial charge in [-0.05, 0) is 42.2 Å². The second-order valence-corrected chi connectivity index (χ2v) is 4.78. The number of halogens is 1. The lowest BCUT2D eigenvalue weighted by Crippen LogP contribution is -2.17. The van der Waals surface area contributed by atoms with Gasteiger partial charge in [0.05, 0.1) is 11.7 Å². The molecular formula is C15H17ClN2. The van der Waals surface area contributed by atoms with Gasteiger partial charge in [0.2, 0.25) is 0 Å². The molecule has 2 N–H and O–H groups in total. The van der Waals surface area contributed by atoms with Crippen molar-refractivity contribution in [3.8, 4) is 0 Å². The first-order valence-electron chi connectivity index (χ1n) is 6.14. The zero-order chi connectivity index (χ0) is 13.0. The summed E-state index contributed by atoms with van der Waals surface area (Å²) in [7, 11) is 0. The summed E-state index contributed by atoms with van der Waals surface area (Å²) in [5.41, 5.74) is 9.59. The minimum Gasteiger partial charge on any atom is -0.322 e. The Kier molecular flexibility index (Phi) is 4.34. The van der Waals surface area contributed by atoms with E-state index < -0.39 is 0 Å². The van der Waals surface area contributed by atoms with Crippen LogP contribution in [0.2, 0.25) is 5.02 Å². The molecule has 0 saturated carbocycles. The Hall–Kier alpha value is -1.38. The summed E-state index contributed by atoms with van der Waals surface area (Å²) < 4.78 is 0. The maximum absolute atomic E-state index is 6.25. The van der Waals surface area contributed by atoms with Gasteiger partial charge in [-0.1, -0.05) is 36.7 Å². The van der Waals surface area contributed by atoms with Crippen LogP contribution >= 0.6 is 11.6 Å². The summed E-state index contributed by atoms with van der Waals surface area (Å²) >= 11 is 5.98. The van der Waals surface area contributed by atoms with Crippen LogP contribution in [-0.2, 0) is 12.8 Å². The minimum absolute atomic E-state index is 0.0837. The number of hydrogen-bond acceptors (Lipinski definition) is 2. The predicted octanol–water partition coefficient (Wildman–Crippen LogP) is 3.54. The van der Waals surface area contributed by atoms with E-state index in [4.69, 9.17) is 17.3 Å². The highest BCUT2D eigenvalue weighted by atomic mass is 35.5. The van der Waals surface area contributed by atoms with Crippen LogP contribution < -0.4 is 5.73 Å². The highest BCUT2D eigenvalue weighted by molar-refractivity contribution is 6.30. The van der Waals surface area contributed by atoms with Gasteiger partial charge in [-0.3, -0.25) is 4.98 Å². The van der Waals surface area contributed by atoms with Crippen LogP contribution in [0.4, 0.5) is 0 Å². The van der Waals surface area contributed by atoms with Crippen molar-refractivity contribution in [2.75, 3.05) is 0 Å². The number of benzene rings is 1. The minimum atomic E-state index is -0.0837. The maximum Gasteiger partial charge on any atom is 0.0606 e. The Morgan fingerprint density at radius 3 is 2.83 bits per heavy atom. The van der Waals surface area contributed by atoms with Crippen molar-refractivity contribution >= 4 is 11.6 Å². The lowest BCUT2D eigenvalue weighted by molar-refractivity contribution is 0.685. The molecule has 18 heavy (non-hydrogen) atoms. The van der Waals surface area contributed by atoms with E-state index in [0.717, 1.165) is 29.1 Å². The topological polar surface area (TPSA) is 38.9 Å². The average Bonchev–Trinajstić information content (AvgIpc) is 2.38. The van der Waals surface area contributed by atoms with Crippen LogP contribution in [0.1, 0.15) is 29.8 Å². The lowest BCUT2D eigenvalue weighted by Gasteiger charge is -2.14. The fourth-order valence-electron chi connectivity index (χ4n) is 2.10. The standard InChI is InChI=1S/C15H17ClN2/c1-2-12-6-4-8-18-15(12)14(17)10-11-5-3-7-13(16)9-11/h3-9,14H,2,10,17H2,1H3. The molecule has 0 aliphatic rings. The van der Waals surface area contributed by atoms with Crippen molar-refractivity contribution in [2.24, 2.45) is 5.73 Å². The molecule has 0 fully saturated rings. The number of hydrogen-bond donors (Lipinski definition) is 1. The first kappa shape index (κ1) is 13.1. The first-order chi connectivity index (χ1) is 8.70. The van der Waals surface area contributed by atoms with Crippen molar-refractivity contribution in [1.29, 1.82) is 0 Å². The molecule has 0 aliphatic heterocycles. The summed E-state index contributed by atoms with van der Waals surface area (Å²) in [6.45, 7) is 2.12. The van der Waals surface area contributed by atoms with Gasteiger partial charge in [-0.25, -0.2) is 0 Å². The molecule has 1 aromatic carbocycles. The third kappa shape index (κ3) is 3.09. The van der Waals surface area contributed by atoms with E-state index in [1.807, 2.05) is 30.3 Å². The number of aromatic nitrogens is 1. The fraction of sp³-hybridized carbons (Fsp3) is 0.267. The Labute approximate surface area is 113 Å². The molecule has 2 aromatic rings. The number of pyridine rings is 1. The summed E-state index contributed by atoms with van der Waals surface area (Å²) in [4.78, 5) is 4.41. The average molecular weight is 261 g/mol. The second kappa shape index (κ2) is 5.98. The molecular weight excluding hydrogens is 244 g/mol. The molecule has 0 bridgehead atoms. The molecule has 1 heterocycles. The molecule has 0 amide bonds. The Bertz CT molecular complexity index is 525. The van der Waals surface area contributed by atoms with Crippen LogP contribution in [0.25, 0.3) is 0 Å². The largest absolute Gasteiger partial charge is 0.322 e. The third-order valence-corrected chi connectivity index (χ3v) is 3.24. The Morgan fingerprint density at radius 2 is 2.11 bits per heavy atom. The monoisotopic (exact) mass is 260 g/mol. The fourth-order valence-corrected chi connectivity index (χ4v) is 2.31. The number of aryl methyl sites for hydroxylation is 1. The first-order valence-corrected chi connectivity index (χ1v) is 6.52. The Balaban J connectivity index is 2.19. The number of nitrogens with zero attached hydrogens (tertiary/aromatic N) is 1. The molecule has 1 unspecified atom stereocenters. The summed E-state index contributed by atoms with van der Waals surface area (Å²) in [6.07, 6.45) is 3.50. The van der Waals surface area contributed by atoms with E-state index in [1.165, 1.54) is 5.56 Å². The summed E-state index contributed by atoms with van der Waals surface area (Å²) in [5, 5.41) is 0.747. The second-order valence-electron chi connectivity index (χ2n) is 4.34. The summed E-state index contributed by atoms with van der Waals surface area (Å²) in [5.74, 6) is 0. The van der Waals surface area contributed by atoms with Crippen LogP contribution in [0.15, 0.2) is 42.6 Å². The molecule has 1 aromatic heterocycles. The van der Waals surface area contributed by atoms with Crippen LogP contribution in [-0.4, -0.2) is 4.98 Å². The van der Waals surface area contributed by atoms with E-state index >= 15 is 0 Å². The van der Waals surface area contributed by atoms with Gasteiger partial charge >= 0.3 is 0 Å². The van der Waals surface area contributed by atoms with Crippen molar-refractivity contribution in [2.45, 2.75) is 25.8 Å². The lowest BCUT2D eigenvalue weighted by atomic mass is 9.99. The summed E-state index contributed by atoms with van der Waals surface area (Å²) in [6, 6.07) is 11.8. The zero-order valence-electron chi connectivity index (χ0n) is 10.4. The molecule has 0 spiro atoms. The van der Waals surface area contributed by atoms with E-state index in [-0.39, 0.29) is 6.04 Å². The SMILES string of the molecule is CCc1cccnc1C(N)Cc1cccc(Cl)c1. The van der Waals surface area contributed by atoms with Gasteiger partial charge in [0.1, 0.15) is 0 Å². The molecule has 2 nitrogen and oxygen atoms in total. The molecule has 1 atom stereocenters. The molecule has 0 saturated heterocycles. The Morgan fingerprint density at radius 1 is 1.28 bits per heavy atom.